The van der Waals surface area contributed by atoms with Crippen molar-refractivity contribution in [2.45, 2.75) is 32.4 Å². The first kappa shape index (κ1) is 17.2. The summed E-state index contributed by atoms with van der Waals surface area (Å²) in [5.41, 5.74) is 4.08. The molecule has 28 heavy (non-hydrogen) atoms. The number of nitrogens with one attached hydrogen (secondary N) is 1. The third-order valence-corrected chi connectivity index (χ3v) is 5.69. The summed E-state index contributed by atoms with van der Waals surface area (Å²) in [7, 11) is 0. The molecule has 7 heteroatoms. The van der Waals surface area contributed by atoms with E-state index in [-0.39, 0.29) is 5.56 Å². The van der Waals surface area contributed by atoms with Crippen LogP contribution in [0.1, 0.15) is 29.8 Å². The predicted octanol–water partition coefficient (Wildman–Crippen LogP) is 2.11. The van der Waals surface area contributed by atoms with E-state index in [0.29, 0.717) is 6.54 Å². The first-order valence-corrected chi connectivity index (χ1v) is 9.94. The van der Waals surface area contributed by atoms with Crippen LogP contribution < -0.4 is 10.5 Å². The largest absolute Gasteiger partial charge is 0.342 e. The van der Waals surface area contributed by atoms with Crippen molar-refractivity contribution in [2.75, 3.05) is 24.5 Å². The maximum atomic E-state index is 12.6. The molecule has 0 aliphatic carbocycles. The van der Waals surface area contributed by atoms with Crippen LogP contribution in [0.4, 0.5) is 5.95 Å². The summed E-state index contributed by atoms with van der Waals surface area (Å²) in [6.07, 6.45) is 8.80. The third-order valence-electron chi connectivity index (χ3n) is 5.69. The van der Waals surface area contributed by atoms with E-state index < -0.39 is 0 Å². The minimum atomic E-state index is 0.0327. The molecule has 0 atom stereocenters. The van der Waals surface area contributed by atoms with Crippen molar-refractivity contribution in [1.29, 1.82) is 0 Å². The fourth-order valence-electron chi connectivity index (χ4n) is 4.22. The number of hydrogen-bond donors (Lipinski definition) is 1. The van der Waals surface area contributed by atoms with Crippen molar-refractivity contribution < 1.29 is 0 Å². The van der Waals surface area contributed by atoms with Gasteiger partial charge in [0, 0.05) is 56.4 Å². The number of pyridine rings is 1. The number of hydrogen-bond acceptors (Lipinski definition) is 5. The molecule has 2 aliphatic rings. The van der Waals surface area contributed by atoms with E-state index in [4.69, 9.17) is 4.98 Å². The predicted molar refractivity (Wildman–Crippen MR) is 108 cm³/mol. The standard InChI is InChI=1S/C21H24N6O/c28-20-18-7-12-25(15-19(18)23-21(24-20)26-9-1-2-10-26)14-17-6-4-11-27(17)16-5-3-8-22-13-16/h3-6,8,11,13H,1-2,7,9-10,12,14-15H2,(H,23,24,28). The number of rotatable bonds is 4. The molecule has 7 nitrogen and oxygen atoms in total. The van der Waals surface area contributed by atoms with E-state index >= 15 is 0 Å². The molecule has 0 unspecified atom stereocenters. The maximum absolute atomic E-state index is 12.6. The fraction of sp³-hybridized carbons (Fsp3) is 0.381. The lowest BCUT2D eigenvalue weighted by Crippen LogP contribution is -2.36. The lowest BCUT2D eigenvalue weighted by Gasteiger charge is -2.28. The molecule has 5 heterocycles. The second-order valence-electron chi connectivity index (χ2n) is 7.55. The van der Waals surface area contributed by atoms with Gasteiger partial charge < -0.3 is 9.47 Å². The van der Waals surface area contributed by atoms with Crippen LogP contribution in [0.25, 0.3) is 5.69 Å². The third kappa shape index (κ3) is 3.22. The molecule has 2 aliphatic heterocycles. The Morgan fingerprint density at radius 3 is 2.82 bits per heavy atom. The lowest BCUT2D eigenvalue weighted by molar-refractivity contribution is 0.236. The Kier molecular flexibility index (Phi) is 4.44. The van der Waals surface area contributed by atoms with Crippen LogP contribution in [0, 0.1) is 0 Å². The van der Waals surface area contributed by atoms with Gasteiger partial charge in [-0.25, -0.2) is 4.98 Å². The van der Waals surface area contributed by atoms with Crippen molar-refractivity contribution in [3.63, 3.8) is 0 Å². The molecule has 1 N–H and O–H groups in total. The molecule has 0 amide bonds. The second-order valence-corrected chi connectivity index (χ2v) is 7.55. The summed E-state index contributed by atoms with van der Waals surface area (Å²) < 4.78 is 2.17. The van der Waals surface area contributed by atoms with Crippen LogP contribution in [-0.2, 0) is 19.5 Å². The first-order chi connectivity index (χ1) is 13.8. The smallest absolute Gasteiger partial charge is 0.255 e. The average molecular weight is 376 g/mol. The fourth-order valence-corrected chi connectivity index (χ4v) is 4.22. The van der Waals surface area contributed by atoms with Crippen LogP contribution in [0.15, 0.2) is 47.7 Å². The molecule has 0 radical (unpaired) electrons. The van der Waals surface area contributed by atoms with E-state index in [0.717, 1.165) is 68.3 Å². The average Bonchev–Trinajstić information content (AvgIpc) is 3.41. The van der Waals surface area contributed by atoms with Gasteiger partial charge in [-0.15, -0.1) is 0 Å². The highest BCUT2D eigenvalue weighted by atomic mass is 16.1. The van der Waals surface area contributed by atoms with Crippen LogP contribution in [0.3, 0.4) is 0 Å². The normalized spacial score (nSPS) is 17.1. The quantitative estimate of drug-likeness (QED) is 0.755. The highest BCUT2D eigenvalue weighted by Crippen LogP contribution is 2.21. The Balaban J connectivity index is 1.38. The number of nitrogens with zero attached hydrogens (tertiary/aromatic N) is 5. The monoisotopic (exact) mass is 376 g/mol. The zero-order chi connectivity index (χ0) is 18.9. The molecule has 3 aromatic heterocycles. The van der Waals surface area contributed by atoms with Gasteiger partial charge in [0.2, 0.25) is 5.95 Å². The van der Waals surface area contributed by atoms with E-state index in [2.05, 4.69) is 48.7 Å². The van der Waals surface area contributed by atoms with Gasteiger partial charge in [-0.3, -0.25) is 19.7 Å². The number of fused-ring (bicyclic) bond motifs is 1. The van der Waals surface area contributed by atoms with Gasteiger partial charge in [-0.05, 0) is 43.5 Å². The molecule has 0 saturated carbocycles. The van der Waals surface area contributed by atoms with Crippen LogP contribution in [-0.4, -0.2) is 44.1 Å². The molecule has 1 saturated heterocycles. The molecule has 0 bridgehead atoms. The Bertz CT molecular complexity index is 1020. The molecule has 1 fully saturated rings. The molecule has 3 aromatic rings. The van der Waals surface area contributed by atoms with Crippen LogP contribution >= 0.6 is 0 Å². The Hall–Kier alpha value is -2.93. The molecular formula is C21H24N6O. The Morgan fingerprint density at radius 1 is 1.11 bits per heavy atom. The van der Waals surface area contributed by atoms with Crippen molar-refractivity contribution in [2.24, 2.45) is 0 Å². The Morgan fingerprint density at radius 2 is 2.00 bits per heavy atom. The highest BCUT2D eigenvalue weighted by Gasteiger charge is 2.24. The van der Waals surface area contributed by atoms with Gasteiger partial charge >= 0.3 is 0 Å². The summed E-state index contributed by atoms with van der Waals surface area (Å²) in [6.45, 7) is 4.33. The second kappa shape index (κ2) is 7.24. The topological polar surface area (TPSA) is 70.1 Å². The summed E-state index contributed by atoms with van der Waals surface area (Å²) in [5.74, 6) is 0.738. The van der Waals surface area contributed by atoms with Gasteiger partial charge in [0.15, 0.2) is 0 Å². The number of H-pyrrole nitrogens is 1. The summed E-state index contributed by atoms with van der Waals surface area (Å²) >= 11 is 0. The SMILES string of the molecule is O=c1[nH]c(N2CCCC2)nc2c1CCN(Cc1cccn1-c1cccnc1)C2. The zero-order valence-corrected chi connectivity index (χ0v) is 15.8. The van der Waals surface area contributed by atoms with Crippen LogP contribution in [0.2, 0.25) is 0 Å². The lowest BCUT2D eigenvalue weighted by atomic mass is 10.1. The molecule has 0 spiro atoms. The van der Waals surface area contributed by atoms with Gasteiger partial charge in [0.1, 0.15) is 0 Å². The number of aromatic nitrogens is 4. The number of aromatic amines is 1. The maximum Gasteiger partial charge on any atom is 0.255 e. The minimum absolute atomic E-state index is 0.0327. The molecule has 5 rings (SSSR count). The first-order valence-electron chi connectivity index (χ1n) is 9.94. The zero-order valence-electron chi connectivity index (χ0n) is 15.8. The minimum Gasteiger partial charge on any atom is -0.342 e. The highest BCUT2D eigenvalue weighted by molar-refractivity contribution is 5.36. The molecule has 144 valence electrons. The van der Waals surface area contributed by atoms with Crippen molar-refractivity contribution in [3.8, 4) is 5.69 Å². The summed E-state index contributed by atoms with van der Waals surface area (Å²) in [4.78, 5) is 29.2. The van der Waals surface area contributed by atoms with Gasteiger partial charge in [-0.2, -0.15) is 0 Å². The van der Waals surface area contributed by atoms with Crippen LogP contribution in [0.5, 0.6) is 0 Å². The number of anilines is 1. The molecular weight excluding hydrogens is 352 g/mol. The van der Waals surface area contributed by atoms with E-state index in [1.54, 1.807) is 6.20 Å². The Labute approximate surface area is 163 Å². The van der Waals surface area contributed by atoms with Crippen molar-refractivity contribution in [3.05, 3.63) is 70.2 Å². The van der Waals surface area contributed by atoms with E-state index in [9.17, 15) is 4.79 Å². The van der Waals surface area contributed by atoms with E-state index in [1.807, 2.05) is 12.3 Å². The summed E-state index contributed by atoms with van der Waals surface area (Å²) in [5, 5.41) is 0. The van der Waals surface area contributed by atoms with Gasteiger partial charge in [0.05, 0.1) is 17.6 Å². The van der Waals surface area contributed by atoms with Gasteiger partial charge in [0.25, 0.3) is 5.56 Å². The van der Waals surface area contributed by atoms with Gasteiger partial charge in [-0.1, -0.05) is 0 Å². The van der Waals surface area contributed by atoms with Crippen molar-refractivity contribution >= 4 is 5.95 Å². The summed E-state index contributed by atoms with van der Waals surface area (Å²) in [6, 6.07) is 8.22. The van der Waals surface area contributed by atoms with Crippen molar-refractivity contribution in [1.82, 2.24) is 24.4 Å². The molecule has 0 aromatic carbocycles. The van der Waals surface area contributed by atoms with E-state index in [1.165, 1.54) is 5.69 Å².